The molecule has 0 aliphatic carbocycles. The molecule has 1 aromatic carbocycles. The number of halogens is 1. The largest absolute Gasteiger partial charge is 0.337 e. The molecule has 0 fully saturated rings. The Morgan fingerprint density at radius 1 is 1.27 bits per heavy atom. The highest BCUT2D eigenvalue weighted by Crippen LogP contribution is 2.28. The molecule has 0 bridgehead atoms. The van der Waals surface area contributed by atoms with Crippen LogP contribution < -0.4 is 5.43 Å². The number of aldehydes is 1. The number of nitrogens with zero attached hydrogens (tertiary/aromatic N) is 4. The minimum atomic E-state index is 0.303. The molecule has 0 spiro atoms. The molecule has 0 amide bonds. The van der Waals surface area contributed by atoms with E-state index in [0.29, 0.717) is 28.6 Å². The zero-order chi connectivity index (χ0) is 18.9. The molecule has 3 rings (SSSR count). The summed E-state index contributed by atoms with van der Waals surface area (Å²) in [5.74, 6) is 0.303. The predicted molar refractivity (Wildman–Crippen MR) is 107 cm³/mol. The zero-order valence-electron chi connectivity index (χ0n) is 15.0. The van der Waals surface area contributed by atoms with Gasteiger partial charge in [-0.15, -0.1) is 10.2 Å². The van der Waals surface area contributed by atoms with Crippen LogP contribution in [0.25, 0.3) is 22.1 Å². The molecule has 0 saturated carbocycles. The second-order valence-electron chi connectivity index (χ2n) is 5.17. The maximum Gasteiger partial charge on any atom is 0.265 e. The van der Waals surface area contributed by atoms with E-state index in [9.17, 15) is 4.79 Å². The van der Waals surface area contributed by atoms with Crippen LogP contribution in [0.15, 0.2) is 29.4 Å². The van der Waals surface area contributed by atoms with Gasteiger partial charge >= 0.3 is 0 Å². The van der Waals surface area contributed by atoms with Crippen LogP contribution in [0.3, 0.4) is 0 Å². The number of allylic oxidation sites excluding steroid dienone is 2. The summed E-state index contributed by atoms with van der Waals surface area (Å²) in [5, 5.41) is 13.8. The van der Waals surface area contributed by atoms with E-state index in [1.807, 2.05) is 32.9 Å². The number of hydrogen-bond acceptors (Lipinski definition) is 6. The Bertz CT molecular complexity index is 948. The van der Waals surface area contributed by atoms with Crippen molar-refractivity contribution < 1.29 is 4.79 Å². The summed E-state index contributed by atoms with van der Waals surface area (Å²) < 4.78 is 0. The predicted octanol–water partition coefficient (Wildman–Crippen LogP) is 4.43. The Labute approximate surface area is 156 Å². The second kappa shape index (κ2) is 9.62. The van der Waals surface area contributed by atoms with Gasteiger partial charge in [0.05, 0.1) is 5.52 Å². The van der Waals surface area contributed by atoms with Crippen molar-refractivity contribution in [3.63, 3.8) is 0 Å². The molecule has 0 saturated heterocycles. The lowest BCUT2D eigenvalue weighted by Gasteiger charge is -1.97. The van der Waals surface area contributed by atoms with Gasteiger partial charge in [0.1, 0.15) is 11.8 Å². The minimum absolute atomic E-state index is 0.303. The van der Waals surface area contributed by atoms with Gasteiger partial charge in [0.25, 0.3) is 5.95 Å². The van der Waals surface area contributed by atoms with Crippen molar-refractivity contribution in [3.05, 3.63) is 34.9 Å². The lowest BCUT2D eigenvalue weighted by Crippen LogP contribution is -1.98. The number of anilines is 1. The molecule has 0 atom stereocenters. The highest BCUT2D eigenvalue weighted by Gasteiger charge is 2.11. The van der Waals surface area contributed by atoms with Crippen LogP contribution in [0.4, 0.5) is 5.95 Å². The van der Waals surface area contributed by atoms with Gasteiger partial charge < -0.3 is 4.98 Å². The smallest absolute Gasteiger partial charge is 0.265 e. The number of H-pyrrole nitrogens is 1. The molecule has 2 aromatic heterocycles. The Kier molecular flexibility index (Phi) is 7.23. The summed E-state index contributed by atoms with van der Waals surface area (Å²) >= 11 is 6.10. The average molecular weight is 373 g/mol. The highest BCUT2D eigenvalue weighted by molar-refractivity contribution is 6.32. The minimum Gasteiger partial charge on any atom is -0.337 e. The van der Waals surface area contributed by atoms with Gasteiger partial charge in [-0.1, -0.05) is 31.5 Å². The lowest BCUT2D eigenvalue weighted by atomic mass is 10.1. The number of aryl methyl sites for hydroxylation is 1. The van der Waals surface area contributed by atoms with Crippen LogP contribution >= 0.6 is 11.6 Å². The summed E-state index contributed by atoms with van der Waals surface area (Å²) in [5.41, 5.74) is 6.00. The van der Waals surface area contributed by atoms with E-state index < -0.39 is 0 Å². The molecular weight excluding hydrogens is 352 g/mol. The van der Waals surface area contributed by atoms with E-state index >= 15 is 0 Å². The highest BCUT2D eigenvalue weighted by atomic mass is 35.5. The van der Waals surface area contributed by atoms with Gasteiger partial charge in [-0.25, -0.2) is 5.43 Å². The van der Waals surface area contributed by atoms with Crippen LogP contribution in [-0.2, 0) is 4.79 Å². The molecule has 7 nitrogen and oxygen atoms in total. The summed E-state index contributed by atoms with van der Waals surface area (Å²) in [6, 6.07) is 3.73. The van der Waals surface area contributed by atoms with Crippen molar-refractivity contribution in [2.75, 3.05) is 5.43 Å². The Morgan fingerprint density at radius 3 is 2.85 bits per heavy atom. The number of benzene rings is 1. The zero-order valence-corrected chi connectivity index (χ0v) is 15.7. The molecule has 2 heterocycles. The normalized spacial score (nSPS) is 11.2. The summed E-state index contributed by atoms with van der Waals surface area (Å²) in [4.78, 5) is 17.7. The van der Waals surface area contributed by atoms with Crippen molar-refractivity contribution >= 4 is 52.1 Å². The standard InChI is InChI=1S/C16H15ClN6O.C2H6/c1-10-8-11(17)9-12-13(10)19-15-14(12)21-23-16(20-15)22-18-6-4-2-3-5-7-24;1-2/h3,5-9H,2,4H2,1H3,(H2,19,20,22,23);1-2H3/b5-3-,18-6+;. The quantitative estimate of drug-likeness (QED) is 0.219. The van der Waals surface area contributed by atoms with Gasteiger partial charge in [0.2, 0.25) is 0 Å². The van der Waals surface area contributed by atoms with Crippen LogP contribution in [0.5, 0.6) is 0 Å². The summed E-state index contributed by atoms with van der Waals surface area (Å²) in [6.45, 7) is 5.97. The van der Waals surface area contributed by atoms with Gasteiger partial charge in [-0.3, -0.25) is 4.79 Å². The molecule has 8 heteroatoms. The number of carbonyl (C=O) groups excluding carboxylic acids is 1. The van der Waals surface area contributed by atoms with Gasteiger partial charge in [0, 0.05) is 16.6 Å². The Morgan fingerprint density at radius 2 is 2.08 bits per heavy atom. The number of nitrogens with one attached hydrogen (secondary N) is 2. The first kappa shape index (κ1) is 19.5. The molecular formula is C18H21ClN6O. The van der Waals surface area contributed by atoms with E-state index in [1.165, 1.54) is 6.08 Å². The maximum atomic E-state index is 10.1. The number of aromatic amines is 1. The first-order chi connectivity index (χ1) is 12.7. The van der Waals surface area contributed by atoms with Gasteiger partial charge in [-0.2, -0.15) is 10.1 Å². The van der Waals surface area contributed by atoms with Gasteiger partial charge in [-0.05, 0) is 43.5 Å². The molecule has 3 aromatic rings. The summed E-state index contributed by atoms with van der Waals surface area (Å²) in [7, 11) is 0. The van der Waals surface area contributed by atoms with E-state index in [1.54, 1.807) is 12.3 Å². The first-order valence-corrected chi connectivity index (χ1v) is 8.77. The van der Waals surface area contributed by atoms with Crippen LogP contribution in [0.2, 0.25) is 5.02 Å². The molecule has 0 radical (unpaired) electrons. The second-order valence-corrected chi connectivity index (χ2v) is 5.60. The maximum absolute atomic E-state index is 10.1. The fourth-order valence-corrected chi connectivity index (χ4v) is 2.62. The number of hydrazone groups is 1. The van der Waals surface area contributed by atoms with Crippen LogP contribution in [0.1, 0.15) is 32.3 Å². The third-order valence-electron chi connectivity index (χ3n) is 3.42. The van der Waals surface area contributed by atoms with Crippen LogP contribution in [0, 0.1) is 6.92 Å². The first-order valence-electron chi connectivity index (χ1n) is 8.39. The molecule has 0 unspecified atom stereocenters. The topological polar surface area (TPSA) is 95.9 Å². The van der Waals surface area contributed by atoms with Crippen molar-refractivity contribution in [1.29, 1.82) is 0 Å². The van der Waals surface area contributed by atoms with Crippen molar-refractivity contribution in [3.8, 4) is 0 Å². The lowest BCUT2D eigenvalue weighted by molar-refractivity contribution is -0.104. The number of carbonyl (C=O) groups is 1. The van der Waals surface area contributed by atoms with E-state index in [4.69, 9.17) is 11.6 Å². The van der Waals surface area contributed by atoms with Crippen LogP contribution in [-0.4, -0.2) is 32.7 Å². The summed E-state index contributed by atoms with van der Waals surface area (Å²) in [6.07, 6.45) is 7.13. The number of unbranched alkanes of at least 4 members (excludes halogenated alkanes) is 1. The van der Waals surface area contributed by atoms with E-state index in [-0.39, 0.29) is 0 Å². The average Bonchev–Trinajstić information content (AvgIpc) is 3.01. The number of fused-ring (bicyclic) bond motifs is 3. The number of rotatable bonds is 6. The van der Waals surface area contributed by atoms with Crippen molar-refractivity contribution in [1.82, 2.24) is 20.2 Å². The number of hydrogen-bond donors (Lipinski definition) is 2. The van der Waals surface area contributed by atoms with E-state index in [0.717, 1.165) is 29.2 Å². The SMILES string of the molecule is CC.Cc1cc(Cl)cc2c1[nH]c1nc(N/N=C/CC/C=C\C=O)nnc12. The molecule has 136 valence electrons. The Hall–Kier alpha value is -2.80. The molecule has 0 aliphatic heterocycles. The van der Waals surface area contributed by atoms with E-state index in [2.05, 4.69) is 30.7 Å². The number of aromatic nitrogens is 4. The van der Waals surface area contributed by atoms with Gasteiger partial charge in [0.15, 0.2) is 5.65 Å². The third-order valence-corrected chi connectivity index (χ3v) is 3.64. The van der Waals surface area contributed by atoms with Crippen molar-refractivity contribution in [2.24, 2.45) is 5.10 Å². The fourth-order valence-electron chi connectivity index (χ4n) is 2.35. The third kappa shape index (κ3) is 4.64. The Balaban J connectivity index is 0.00000117. The fraction of sp³-hybridized carbons (Fsp3) is 0.278. The molecule has 2 N–H and O–H groups in total. The molecule has 26 heavy (non-hydrogen) atoms. The molecule has 0 aliphatic rings. The monoisotopic (exact) mass is 372 g/mol. The van der Waals surface area contributed by atoms with Crippen molar-refractivity contribution in [2.45, 2.75) is 33.6 Å².